The van der Waals surface area contributed by atoms with Crippen molar-refractivity contribution in [1.82, 2.24) is 10.2 Å². The first kappa shape index (κ1) is 13.5. The molecular weight excluding hydrogens is 246 g/mol. The second kappa shape index (κ2) is 5.79. The van der Waals surface area contributed by atoms with Gasteiger partial charge in [0.05, 0.1) is 11.5 Å². The summed E-state index contributed by atoms with van der Waals surface area (Å²) in [5.41, 5.74) is 1.03. The molecule has 0 radical (unpaired) electrons. The molecule has 0 aromatic heterocycles. The van der Waals surface area contributed by atoms with Crippen LogP contribution in [-0.4, -0.2) is 35.4 Å². The molecule has 6 heteroatoms. The smallest absolute Gasteiger partial charge is 0.269 e. The maximum atomic E-state index is 11.6. The summed E-state index contributed by atoms with van der Waals surface area (Å²) >= 11 is 0. The molecule has 1 aliphatic rings. The first-order chi connectivity index (χ1) is 9.04. The monoisotopic (exact) mass is 263 g/mol. The molecule has 0 bridgehead atoms. The molecule has 1 N–H and O–H groups in total. The van der Waals surface area contributed by atoms with Gasteiger partial charge in [0.2, 0.25) is 5.91 Å². The van der Waals surface area contributed by atoms with Gasteiger partial charge in [0.25, 0.3) is 5.69 Å². The zero-order valence-electron chi connectivity index (χ0n) is 10.8. The van der Waals surface area contributed by atoms with Crippen molar-refractivity contribution in [3.63, 3.8) is 0 Å². The molecule has 0 aliphatic heterocycles. The number of hydrogen-bond acceptors (Lipinski definition) is 4. The molecule has 1 saturated carbocycles. The SMILES string of the molecule is CN(CC(=O)NC1CC1)Cc1ccc([N+](=O)[O-])cc1. The minimum atomic E-state index is -0.420. The molecule has 1 aromatic carbocycles. The average Bonchev–Trinajstić information content (AvgIpc) is 3.13. The van der Waals surface area contributed by atoms with Crippen LogP contribution in [0.1, 0.15) is 18.4 Å². The highest BCUT2D eigenvalue weighted by atomic mass is 16.6. The molecule has 0 unspecified atom stereocenters. The molecule has 0 saturated heterocycles. The van der Waals surface area contributed by atoms with Crippen molar-refractivity contribution in [2.75, 3.05) is 13.6 Å². The minimum absolute atomic E-state index is 0.0342. The Bertz CT molecular complexity index is 469. The van der Waals surface area contributed by atoms with Crippen molar-refractivity contribution in [2.24, 2.45) is 0 Å². The Labute approximate surface area is 111 Å². The molecular formula is C13H17N3O3. The molecule has 0 atom stereocenters. The Morgan fingerprint density at radius 2 is 2.05 bits per heavy atom. The highest BCUT2D eigenvalue weighted by Crippen LogP contribution is 2.18. The van der Waals surface area contributed by atoms with Crippen LogP contribution in [0, 0.1) is 10.1 Å². The molecule has 6 nitrogen and oxygen atoms in total. The van der Waals surface area contributed by atoms with Crippen LogP contribution >= 0.6 is 0 Å². The van der Waals surface area contributed by atoms with Crippen molar-refractivity contribution >= 4 is 11.6 Å². The maximum absolute atomic E-state index is 11.6. The van der Waals surface area contributed by atoms with E-state index < -0.39 is 4.92 Å². The molecule has 0 heterocycles. The van der Waals surface area contributed by atoms with Gasteiger partial charge in [0.15, 0.2) is 0 Å². The van der Waals surface area contributed by atoms with E-state index in [0.717, 1.165) is 18.4 Å². The van der Waals surface area contributed by atoms with Crippen LogP contribution < -0.4 is 5.32 Å². The van der Waals surface area contributed by atoms with Gasteiger partial charge in [-0.25, -0.2) is 0 Å². The summed E-state index contributed by atoms with van der Waals surface area (Å²) in [6, 6.07) is 6.77. The largest absolute Gasteiger partial charge is 0.352 e. The van der Waals surface area contributed by atoms with Gasteiger partial charge in [-0.3, -0.25) is 19.8 Å². The summed E-state index contributed by atoms with van der Waals surface area (Å²) in [6.07, 6.45) is 2.16. The number of nitro groups is 1. The van der Waals surface area contributed by atoms with Gasteiger partial charge < -0.3 is 5.32 Å². The van der Waals surface area contributed by atoms with Gasteiger partial charge in [-0.05, 0) is 25.5 Å². The zero-order valence-corrected chi connectivity index (χ0v) is 10.8. The number of nitrogens with zero attached hydrogens (tertiary/aromatic N) is 2. The number of benzene rings is 1. The minimum Gasteiger partial charge on any atom is -0.352 e. The molecule has 2 rings (SSSR count). The Morgan fingerprint density at radius 3 is 2.58 bits per heavy atom. The summed E-state index contributed by atoms with van der Waals surface area (Å²) in [5, 5.41) is 13.5. The van der Waals surface area contributed by atoms with E-state index in [1.165, 1.54) is 12.1 Å². The predicted octanol–water partition coefficient (Wildman–Crippen LogP) is 1.31. The summed E-state index contributed by atoms with van der Waals surface area (Å²) in [5.74, 6) is 0.0342. The quantitative estimate of drug-likeness (QED) is 0.620. The van der Waals surface area contributed by atoms with E-state index in [9.17, 15) is 14.9 Å². The summed E-state index contributed by atoms with van der Waals surface area (Å²) < 4.78 is 0. The number of likely N-dealkylation sites (N-methyl/N-ethyl adjacent to an activating group) is 1. The normalized spacial score (nSPS) is 14.4. The third-order valence-electron chi connectivity index (χ3n) is 2.96. The zero-order chi connectivity index (χ0) is 13.8. The molecule has 1 fully saturated rings. The predicted molar refractivity (Wildman–Crippen MR) is 70.6 cm³/mol. The second-order valence-corrected chi connectivity index (χ2v) is 4.94. The van der Waals surface area contributed by atoms with Crippen LogP contribution in [0.5, 0.6) is 0 Å². The highest BCUT2D eigenvalue weighted by Gasteiger charge is 2.23. The number of carbonyl (C=O) groups excluding carboxylic acids is 1. The van der Waals surface area contributed by atoms with E-state index >= 15 is 0 Å². The molecule has 102 valence electrons. The van der Waals surface area contributed by atoms with Crippen molar-refractivity contribution in [3.05, 3.63) is 39.9 Å². The van der Waals surface area contributed by atoms with E-state index in [0.29, 0.717) is 19.1 Å². The Morgan fingerprint density at radius 1 is 1.42 bits per heavy atom. The average molecular weight is 263 g/mol. The number of nitrogens with one attached hydrogen (secondary N) is 1. The maximum Gasteiger partial charge on any atom is 0.269 e. The van der Waals surface area contributed by atoms with Crippen molar-refractivity contribution in [1.29, 1.82) is 0 Å². The highest BCUT2D eigenvalue weighted by molar-refractivity contribution is 5.78. The number of carbonyl (C=O) groups is 1. The van der Waals surface area contributed by atoms with E-state index in [1.54, 1.807) is 12.1 Å². The lowest BCUT2D eigenvalue weighted by Crippen LogP contribution is -2.35. The number of nitro benzene ring substituents is 1. The molecule has 1 aromatic rings. The van der Waals surface area contributed by atoms with Crippen LogP contribution in [0.15, 0.2) is 24.3 Å². The fourth-order valence-electron chi connectivity index (χ4n) is 1.84. The second-order valence-electron chi connectivity index (χ2n) is 4.94. The van der Waals surface area contributed by atoms with Crippen LogP contribution in [0.3, 0.4) is 0 Å². The van der Waals surface area contributed by atoms with Crippen LogP contribution in [0.4, 0.5) is 5.69 Å². The van der Waals surface area contributed by atoms with Crippen molar-refractivity contribution in [2.45, 2.75) is 25.4 Å². The van der Waals surface area contributed by atoms with Gasteiger partial charge in [-0.15, -0.1) is 0 Å². The van der Waals surface area contributed by atoms with E-state index in [1.807, 2.05) is 11.9 Å². The van der Waals surface area contributed by atoms with E-state index in [4.69, 9.17) is 0 Å². The Hall–Kier alpha value is -1.95. The molecule has 0 spiro atoms. The number of rotatable bonds is 6. The summed E-state index contributed by atoms with van der Waals surface area (Å²) in [7, 11) is 1.86. The van der Waals surface area contributed by atoms with Crippen molar-refractivity contribution in [3.8, 4) is 0 Å². The summed E-state index contributed by atoms with van der Waals surface area (Å²) in [4.78, 5) is 23.6. The summed E-state index contributed by atoms with van der Waals surface area (Å²) in [6.45, 7) is 0.934. The van der Waals surface area contributed by atoms with Crippen LogP contribution in [-0.2, 0) is 11.3 Å². The fourth-order valence-corrected chi connectivity index (χ4v) is 1.84. The van der Waals surface area contributed by atoms with Gasteiger partial charge in [0, 0.05) is 24.7 Å². The van der Waals surface area contributed by atoms with E-state index in [-0.39, 0.29) is 11.6 Å². The Kier molecular flexibility index (Phi) is 4.11. The number of non-ortho nitro benzene ring substituents is 1. The fraction of sp³-hybridized carbons (Fsp3) is 0.462. The standard InChI is InChI=1S/C13H17N3O3/c1-15(9-13(17)14-11-4-5-11)8-10-2-6-12(7-3-10)16(18)19/h2-3,6-7,11H,4-5,8-9H2,1H3,(H,14,17). The lowest BCUT2D eigenvalue weighted by molar-refractivity contribution is -0.384. The lowest BCUT2D eigenvalue weighted by atomic mass is 10.2. The molecule has 19 heavy (non-hydrogen) atoms. The first-order valence-corrected chi connectivity index (χ1v) is 6.26. The number of hydrogen-bond donors (Lipinski definition) is 1. The third-order valence-corrected chi connectivity index (χ3v) is 2.96. The van der Waals surface area contributed by atoms with Crippen LogP contribution in [0.2, 0.25) is 0 Å². The van der Waals surface area contributed by atoms with Gasteiger partial charge in [-0.2, -0.15) is 0 Å². The van der Waals surface area contributed by atoms with Gasteiger partial charge >= 0.3 is 0 Å². The lowest BCUT2D eigenvalue weighted by Gasteiger charge is -2.16. The third kappa shape index (κ3) is 4.33. The Balaban J connectivity index is 1.81. The topological polar surface area (TPSA) is 75.5 Å². The van der Waals surface area contributed by atoms with Crippen molar-refractivity contribution < 1.29 is 9.72 Å². The van der Waals surface area contributed by atoms with Gasteiger partial charge in [-0.1, -0.05) is 12.1 Å². The molecule has 1 amide bonds. The first-order valence-electron chi connectivity index (χ1n) is 6.26. The van der Waals surface area contributed by atoms with E-state index in [2.05, 4.69) is 5.32 Å². The van der Waals surface area contributed by atoms with Crippen LogP contribution in [0.25, 0.3) is 0 Å². The number of amides is 1. The van der Waals surface area contributed by atoms with Gasteiger partial charge in [0.1, 0.15) is 0 Å². The molecule has 1 aliphatic carbocycles.